The number of amides is 1. The SMILES string of the molecule is Cc1c(Cl)cccc1-n1ccnc1SC(C)C(=O)N(C)C1CCS(=O)(=O)C1. The molecule has 0 N–H and O–H groups in total. The lowest BCUT2D eigenvalue weighted by atomic mass is 10.2. The molecule has 2 atom stereocenters. The number of hydrogen-bond donors (Lipinski definition) is 0. The Morgan fingerprint density at radius 2 is 2.19 bits per heavy atom. The standard InChI is InChI=1S/C18H22ClN3O3S2/c1-12-15(19)5-4-6-16(12)22-9-8-20-18(22)26-13(2)17(23)21(3)14-7-10-27(24,25)11-14/h4-6,8-9,13-14H,7,10-11H2,1-3H3. The molecule has 1 aliphatic heterocycles. The van der Waals surface area contributed by atoms with Crippen LogP contribution in [0.4, 0.5) is 0 Å². The van der Waals surface area contributed by atoms with Crippen LogP contribution in [0.25, 0.3) is 5.69 Å². The molecule has 0 bridgehead atoms. The monoisotopic (exact) mass is 427 g/mol. The van der Waals surface area contributed by atoms with Crippen molar-refractivity contribution in [2.24, 2.45) is 0 Å². The summed E-state index contributed by atoms with van der Waals surface area (Å²) in [6.07, 6.45) is 4.02. The zero-order chi connectivity index (χ0) is 19.8. The van der Waals surface area contributed by atoms with Crippen LogP contribution in [-0.4, -0.2) is 58.6 Å². The van der Waals surface area contributed by atoms with E-state index in [0.29, 0.717) is 16.6 Å². The number of carbonyl (C=O) groups excluding carboxylic acids is 1. The van der Waals surface area contributed by atoms with Gasteiger partial charge in [0.25, 0.3) is 0 Å². The van der Waals surface area contributed by atoms with Gasteiger partial charge >= 0.3 is 0 Å². The number of halogens is 1. The second-order valence-corrected chi connectivity index (χ2v) is 10.7. The summed E-state index contributed by atoms with van der Waals surface area (Å²) in [4.78, 5) is 18.7. The number of sulfone groups is 1. The molecule has 146 valence electrons. The first-order valence-corrected chi connectivity index (χ1v) is 11.7. The number of carbonyl (C=O) groups is 1. The van der Waals surface area contributed by atoms with Crippen molar-refractivity contribution in [2.75, 3.05) is 18.6 Å². The molecule has 0 aliphatic carbocycles. The van der Waals surface area contributed by atoms with Crippen LogP contribution in [0.2, 0.25) is 5.02 Å². The van der Waals surface area contributed by atoms with Gasteiger partial charge in [-0.2, -0.15) is 0 Å². The second kappa shape index (κ2) is 7.85. The third kappa shape index (κ3) is 4.33. The van der Waals surface area contributed by atoms with Crippen LogP contribution in [0, 0.1) is 6.92 Å². The van der Waals surface area contributed by atoms with Gasteiger partial charge in [-0.3, -0.25) is 9.36 Å². The zero-order valence-corrected chi connectivity index (χ0v) is 17.8. The van der Waals surface area contributed by atoms with Gasteiger partial charge in [0.1, 0.15) is 0 Å². The molecule has 0 radical (unpaired) electrons. The van der Waals surface area contributed by atoms with Crippen molar-refractivity contribution in [3.05, 3.63) is 41.2 Å². The zero-order valence-electron chi connectivity index (χ0n) is 15.4. The quantitative estimate of drug-likeness (QED) is 0.686. The van der Waals surface area contributed by atoms with Crippen LogP contribution in [0.3, 0.4) is 0 Å². The number of rotatable bonds is 5. The highest BCUT2D eigenvalue weighted by Gasteiger charge is 2.34. The molecule has 9 heteroatoms. The summed E-state index contributed by atoms with van der Waals surface area (Å²) in [5, 5.41) is 0.969. The maximum Gasteiger partial charge on any atom is 0.235 e. The molecule has 2 aromatic rings. The topological polar surface area (TPSA) is 72.3 Å². The maximum absolute atomic E-state index is 12.8. The van der Waals surface area contributed by atoms with Gasteiger partial charge in [0.05, 0.1) is 22.4 Å². The van der Waals surface area contributed by atoms with Gasteiger partial charge in [-0.05, 0) is 38.0 Å². The van der Waals surface area contributed by atoms with Crippen molar-refractivity contribution < 1.29 is 13.2 Å². The summed E-state index contributed by atoms with van der Waals surface area (Å²) in [7, 11) is -1.35. The molecule has 1 aliphatic rings. The molecule has 1 aromatic heterocycles. The Kier molecular flexibility index (Phi) is 5.88. The molecule has 6 nitrogen and oxygen atoms in total. The lowest BCUT2D eigenvalue weighted by molar-refractivity contribution is -0.130. The molecule has 1 fully saturated rings. The number of aromatic nitrogens is 2. The molecule has 27 heavy (non-hydrogen) atoms. The Balaban J connectivity index is 1.75. The third-order valence-corrected chi connectivity index (χ3v) is 8.07. The van der Waals surface area contributed by atoms with E-state index in [1.54, 1.807) is 18.1 Å². The van der Waals surface area contributed by atoms with Gasteiger partial charge in [-0.1, -0.05) is 29.4 Å². The van der Waals surface area contributed by atoms with E-state index in [1.807, 2.05) is 42.8 Å². The van der Waals surface area contributed by atoms with Gasteiger partial charge in [0.2, 0.25) is 5.91 Å². The van der Waals surface area contributed by atoms with Crippen LogP contribution < -0.4 is 0 Å². The van der Waals surface area contributed by atoms with E-state index >= 15 is 0 Å². The molecule has 0 saturated carbocycles. The predicted octanol–water partition coefficient (Wildman–Crippen LogP) is 2.96. The van der Waals surface area contributed by atoms with Gasteiger partial charge in [-0.25, -0.2) is 13.4 Å². The average Bonchev–Trinajstić information content (AvgIpc) is 3.22. The Labute approximate surface area is 168 Å². The van der Waals surface area contributed by atoms with E-state index in [1.165, 1.54) is 11.8 Å². The van der Waals surface area contributed by atoms with Crippen molar-refractivity contribution in [3.8, 4) is 5.69 Å². The molecule has 1 amide bonds. The first-order valence-electron chi connectivity index (χ1n) is 8.62. The summed E-state index contributed by atoms with van der Waals surface area (Å²) in [5.41, 5.74) is 1.85. The van der Waals surface area contributed by atoms with Crippen LogP contribution in [0.15, 0.2) is 35.7 Å². The number of thioether (sulfide) groups is 1. The third-order valence-electron chi connectivity index (χ3n) is 4.84. The fourth-order valence-electron chi connectivity index (χ4n) is 3.17. The van der Waals surface area contributed by atoms with Crippen LogP contribution in [0.5, 0.6) is 0 Å². The van der Waals surface area contributed by atoms with Crippen molar-refractivity contribution in [1.82, 2.24) is 14.5 Å². The molecule has 2 heterocycles. The summed E-state index contributed by atoms with van der Waals surface area (Å²) in [5.74, 6) is 0.0950. The molecule has 1 aromatic carbocycles. The highest BCUT2D eigenvalue weighted by molar-refractivity contribution is 8.00. The molecular weight excluding hydrogens is 406 g/mol. The van der Waals surface area contributed by atoms with E-state index in [4.69, 9.17) is 11.6 Å². The minimum Gasteiger partial charge on any atom is -0.341 e. The van der Waals surface area contributed by atoms with Gasteiger partial charge < -0.3 is 4.90 Å². The maximum atomic E-state index is 12.8. The van der Waals surface area contributed by atoms with E-state index in [9.17, 15) is 13.2 Å². The molecule has 1 saturated heterocycles. The number of hydrogen-bond acceptors (Lipinski definition) is 5. The Morgan fingerprint density at radius 3 is 2.85 bits per heavy atom. The van der Waals surface area contributed by atoms with Crippen molar-refractivity contribution >= 4 is 39.1 Å². The lowest BCUT2D eigenvalue weighted by Gasteiger charge is -2.26. The Morgan fingerprint density at radius 1 is 1.44 bits per heavy atom. The van der Waals surface area contributed by atoms with Gasteiger partial charge in [0, 0.05) is 30.5 Å². The number of imidazole rings is 1. The summed E-state index contributed by atoms with van der Waals surface area (Å²) < 4.78 is 25.3. The molecule has 2 unspecified atom stereocenters. The first-order chi connectivity index (χ1) is 12.7. The molecule has 3 rings (SSSR count). The Hall–Kier alpha value is -1.51. The van der Waals surface area contributed by atoms with E-state index in [2.05, 4.69) is 4.98 Å². The number of nitrogens with zero attached hydrogens (tertiary/aromatic N) is 3. The summed E-state index contributed by atoms with van der Waals surface area (Å²) >= 11 is 7.58. The fourth-order valence-corrected chi connectivity index (χ4v) is 6.10. The van der Waals surface area contributed by atoms with Crippen molar-refractivity contribution in [2.45, 2.75) is 36.7 Å². The summed E-state index contributed by atoms with van der Waals surface area (Å²) in [6, 6.07) is 5.41. The van der Waals surface area contributed by atoms with E-state index < -0.39 is 9.84 Å². The van der Waals surface area contributed by atoms with Crippen molar-refractivity contribution in [3.63, 3.8) is 0 Å². The van der Waals surface area contributed by atoms with Crippen LogP contribution in [-0.2, 0) is 14.6 Å². The van der Waals surface area contributed by atoms with E-state index in [0.717, 1.165) is 11.3 Å². The minimum absolute atomic E-state index is 0.0446. The first kappa shape index (κ1) is 20.2. The minimum atomic E-state index is -3.03. The van der Waals surface area contributed by atoms with Gasteiger partial charge in [0.15, 0.2) is 15.0 Å². The highest BCUT2D eigenvalue weighted by Crippen LogP contribution is 2.29. The van der Waals surface area contributed by atoms with Crippen LogP contribution >= 0.6 is 23.4 Å². The fraction of sp³-hybridized carbons (Fsp3) is 0.444. The average molecular weight is 428 g/mol. The highest BCUT2D eigenvalue weighted by atomic mass is 35.5. The summed E-state index contributed by atoms with van der Waals surface area (Å²) in [6.45, 7) is 3.76. The smallest absolute Gasteiger partial charge is 0.235 e. The van der Waals surface area contributed by atoms with Crippen LogP contribution in [0.1, 0.15) is 18.9 Å². The lowest BCUT2D eigenvalue weighted by Crippen LogP contribution is -2.41. The predicted molar refractivity (Wildman–Crippen MR) is 108 cm³/mol. The normalized spacial score (nSPS) is 19.8. The largest absolute Gasteiger partial charge is 0.341 e. The van der Waals surface area contributed by atoms with Crippen molar-refractivity contribution in [1.29, 1.82) is 0 Å². The van der Waals surface area contributed by atoms with Gasteiger partial charge in [-0.15, -0.1) is 0 Å². The van der Waals surface area contributed by atoms with E-state index in [-0.39, 0.29) is 28.7 Å². The molecule has 0 spiro atoms. The number of benzene rings is 1. The Bertz CT molecular complexity index is 959. The second-order valence-electron chi connectivity index (χ2n) is 6.73. The molecular formula is C18H22ClN3O3S2.